The molecule has 0 aliphatic carbocycles. The first-order valence-corrected chi connectivity index (χ1v) is 7.50. The maximum absolute atomic E-state index is 11.8. The highest BCUT2D eigenvalue weighted by atomic mass is 16.2. The Hall–Kier alpha value is -1.88. The minimum Gasteiger partial charge on any atom is -0.346 e. The van der Waals surface area contributed by atoms with Crippen LogP contribution in [0.4, 0.5) is 5.69 Å². The molecule has 1 aromatic carbocycles. The Balaban J connectivity index is 1.80. The molecule has 5 heteroatoms. The van der Waals surface area contributed by atoms with Crippen molar-refractivity contribution < 1.29 is 9.59 Å². The first-order valence-electron chi connectivity index (χ1n) is 7.50. The van der Waals surface area contributed by atoms with Gasteiger partial charge in [-0.05, 0) is 45.0 Å². The lowest BCUT2D eigenvalue weighted by Crippen LogP contribution is -2.43. The second-order valence-corrected chi connectivity index (χ2v) is 5.45. The van der Waals surface area contributed by atoms with Crippen molar-refractivity contribution in [3.8, 4) is 0 Å². The van der Waals surface area contributed by atoms with Gasteiger partial charge in [-0.15, -0.1) is 0 Å². The first-order chi connectivity index (χ1) is 10.1. The summed E-state index contributed by atoms with van der Waals surface area (Å²) in [5.74, 6) is -1.18. The Labute approximate surface area is 125 Å². The molecule has 0 radical (unpaired) electrons. The zero-order chi connectivity index (χ0) is 15.2. The van der Waals surface area contributed by atoms with Gasteiger partial charge < -0.3 is 10.6 Å². The minimum absolute atomic E-state index is 0.353. The van der Waals surface area contributed by atoms with Crippen LogP contribution >= 0.6 is 0 Å². The summed E-state index contributed by atoms with van der Waals surface area (Å²) in [4.78, 5) is 26.0. The molecule has 0 bridgehead atoms. The third-order valence-corrected chi connectivity index (χ3v) is 3.92. The summed E-state index contributed by atoms with van der Waals surface area (Å²) >= 11 is 0. The van der Waals surface area contributed by atoms with E-state index in [2.05, 4.69) is 22.5 Å². The zero-order valence-corrected chi connectivity index (χ0v) is 12.7. The highest BCUT2D eigenvalue weighted by Gasteiger charge is 2.24. The summed E-state index contributed by atoms with van der Waals surface area (Å²) in [5, 5.41) is 5.33. The summed E-state index contributed by atoms with van der Waals surface area (Å²) in [7, 11) is 0. The number of anilines is 1. The Morgan fingerprint density at radius 2 is 1.95 bits per heavy atom. The number of aryl methyl sites for hydroxylation is 1. The van der Waals surface area contributed by atoms with Gasteiger partial charge in [-0.3, -0.25) is 14.5 Å². The second-order valence-electron chi connectivity index (χ2n) is 5.45. The van der Waals surface area contributed by atoms with Crippen LogP contribution in [0.3, 0.4) is 0 Å². The summed E-state index contributed by atoms with van der Waals surface area (Å²) < 4.78 is 0. The normalized spacial score (nSPS) is 18.5. The molecule has 1 fully saturated rings. The van der Waals surface area contributed by atoms with Crippen molar-refractivity contribution in [3.05, 3.63) is 29.8 Å². The first kappa shape index (κ1) is 15.5. The van der Waals surface area contributed by atoms with Crippen LogP contribution in [-0.2, 0) is 9.59 Å². The fourth-order valence-electron chi connectivity index (χ4n) is 2.66. The lowest BCUT2D eigenvalue weighted by molar-refractivity contribution is -0.136. The number of carbonyl (C=O) groups is 2. The molecule has 0 spiro atoms. The van der Waals surface area contributed by atoms with E-state index in [0.717, 1.165) is 31.5 Å². The quantitative estimate of drug-likeness (QED) is 0.826. The van der Waals surface area contributed by atoms with Gasteiger partial charge in [0, 0.05) is 18.3 Å². The van der Waals surface area contributed by atoms with Crippen LogP contribution in [0, 0.1) is 6.92 Å². The van der Waals surface area contributed by atoms with Gasteiger partial charge in [0.15, 0.2) is 0 Å². The summed E-state index contributed by atoms with van der Waals surface area (Å²) in [5.41, 5.74) is 1.75. The molecule has 0 unspecified atom stereocenters. The molecule has 1 saturated heterocycles. The van der Waals surface area contributed by atoms with Gasteiger partial charge in [0.2, 0.25) is 0 Å². The van der Waals surface area contributed by atoms with E-state index < -0.39 is 11.8 Å². The molecule has 5 nitrogen and oxygen atoms in total. The molecule has 2 N–H and O–H groups in total. The Bertz CT molecular complexity index is 499. The van der Waals surface area contributed by atoms with Gasteiger partial charge in [-0.1, -0.05) is 24.6 Å². The average Bonchev–Trinajstić information content (AvgIpc) is 2.94. The maximum atomic E-state index is 11.8. The molecule has 1 aromatic rings. The van der Waals surface area contributed by atoms with Crippen LogP contribution in [-0.4, -0.2) is 42.4 Å². The van der Waals surface area contributed by atoms with Gasteiger partial charge in [-0.25, -0.2) is 0 Å². The Morgan fingerprint density at radius 1 is 1.24 bits per heavy atom. The average molecular weight is 289 g/mol. The van der Waals surface area contributed by atoms with Gasteiger partial charge in [0.1, 0.15) is 0 Å². The number of hydrogen-bond donors (Lipinski definition) is 2. The van der Waals surface area contributed by atoms with Crippen LogP contribution in [0.2, 0.25) is 0 Å². The number of likely N-dealkylation sites (tertiary alicyclic amines) is 1. The van der Waals surface area contributed by atoms with E-state index in [1.807, 2.05) is 19.1 Å². The topological polar surface area (TPSA) is 61.4 Å². The van der Waals surface area contributed by atoms with E-state index in [0.29, 0.717) is 18.3 Å². The summed E-state index contributed by atoms with van der Waals surface area (Å²) in [6.45, 7) is 6.68. The molecule has 2 amide bonds. The van der Waals surface area contributed by atoms with E-state index in [4.69, 9.17) is 0 Å². The second kappa shape index (κ2) is 7.22. The van der Waals surface area contributed by atoms with E-state index in [-0.39, 0.29) is 0 Å². The standard InChI is InChI=1S/C16H23N3O2/c1-3-19-10-4-5-14(19)11-17-15(20)16(21)18-13-8-6-12(2)7-9-13/h6-9,14H,3-5,10-11H2,1-2H3,(H,17,20)(H,18,21)/t14-/m0/s1. The molecule has 1 atom stereocenters. The predicted octanol–water partition coefficient (Wildman–Crippen LogP) is 1.53. The van der Waals surface area contributed by atoms with Crippen molar-refractivity contribution in [2.45, 2.75) is 32.7 Å². The van der Waals surface area contributed by atoms with Crippen LogP contribution in [0.25, 0.3) is 0 Å². The fraction of sp³-hybridized carbons (Fsp3) is 0.500. The smallest absolute Gasteiger partial charge is 0.313 e. The van der Waals surface area contributed by atoms with Crippen molar-refractivity contribution in [2.24, 2.45) is 0 Å². The van der Waals surface area contributed by atoms with Crippen LogP contribution in [0.1, 0.15) is 25.3 Å². The fourth-order valence-corrected chi connectivity index (χ4v) is 2.66. The lowest BCUT2D eigenvalue weighted by Gasteiger charge is -2.22. The summed E-state index contributed by atoms with van der Waals surface area (Å²) in [6.07, 6.45) is 2.23. The molecule has 21 heavy (non-hydrogen) atoms. The molecule has 114 valence electrons. The summed E-state index contributed by atoms with van der Waals surface area (Å²) in [6, 6.07) is 7.72. The number of nitrogens with zero attached hydrogens (tertiary/aromatic N) is 1. The van der Waals surface area contributed by atoms with Crippen molar-refractivity contribution in [1.29, 1.82) is 0 Å². The molecule has 2 rings (SSSR count). The molecular weight excluding hydrogens is 266 g/mol. The third-order valence-electron chi connectivity index (χ3n) is 3.92. The van der Waals surface area contributed by atoms with Crippen molar-refractivity contribution in [1.82, 2.24) is 10.2 Å². The van der Waals surface area contributed by atoms with E-state index in [1.54, 1.807) is 12.1 Å². The molecule has 0 saturated carbocycles. The van der Waals surface area contributed by atoms with Crippen molar-refractivity contribution in [2.75, 3.05) is 25.0 Å². The monoisotopic (exact) mass is 289 g/mol. The van der Waals surface area contributed by atoms with Gasteiger partial charge in [0.25, 0.3) is 0 Å². The maximum Gasteiger partial charge on any atom is 0.313 e. The van der Waals surface area contributed by atoms with Crippen molar-refractivity contribution >= 4 is 17.5 Å². The lowest BCUT2D eigenvalue weighted by atomic mass is 10.2. The largest absolute Gasteiger partial charge is 0.346 e. The highest BCUT2D eigenvalue weighted by molar-refractivity contribution is 6.39. The van der Waals surface area contributed by atoms with Gasteiger partial charge in [-0.2, -0.15) is 0 Å². The number of benzene rings is 1. The number of rotatable bonds is 4. The van der Waals surface area contributed by atoms with Gasteiger partial charge in [0.05, 0.1) is 0 Å². The van der Waals surface area contributed by atoms with Gasteiger partial charge >= 0.3 is 11.8 Å². The van der Waals surface area contributed by atoms with E-state index in [1.165, 1.54) is 0 Å². The Kier molecular flexibility index (Phi) is 5.33. The molecule has 1 heterocycles. The Morgan fingerprint density at radius 3 is 2.62 bits per heavy atom. The highest BCUT2D eigenvalue weighted by Crippen LogP contribution is 2.15. The predicted molar refractivity (Wildman–Crippen MR) is 83.1 cm³/mol. The number of likely N-dealkylation sites (N-methyl/N-ethyl adjacent to an activating group) is 1. The molecule has 0 aromatic heterocycles. The zero-order valence-electron chi connectivity index (χ0n) is 12.7. The van der Waals surface area contributed by atoms with Crippen LogP contribution in [0.5, 0.6) is 0 Å². The third kappa shape index (κ3) is 4.29. The molecule has 1 aliphatic heterocycles. The number of nitrogens with one attached hydrogen (secondary N) is 2. The molecule has 1 aliphatic rings. The number of carbonyl (C=O) groups excluding carboxylic acids is 2. The van der Waals surface area contributed by atoms with E-state index >= 15 is 0 Å². The van der Waals surface area contributed by atoms with Crippen LogP contribution in [0.15, 0.2) is 24.3 Å². The van der Waals surface area contributed by atoms with E-state index in [9.17, 15) is 9.59 Å². The minimum atomic E-state index is -0.611. The SMILES string of the molecule is CCN1CCC[C@H]1CNC(=O)C(=O)Nc1ccc(C)cc1. The number of hydrogen-bond acceptors (Lipinski definition) is 3. The number of amides is 2. The van der Waals surface area contributed by atoms with Crippen molar-refractivity contribution in [3.63, 3.8) is 0 Å². The van der Waals surface area contributed by atoms with Crippen LogP contribution < -0.4 is 10.6 Å². The molecular formula is C16H23N3O2.